The highest BCUT2D eigenvalue weighted by atomic mass is 16.4. The van der Waals surface area contributed by atoms with Crippen LogP contribution in [-0.4, -0.2) is 33.5 Å². The first-order valence-electron chi connectivity index (χ1n) is 13.8. The normalized spacial score (nSPS) is 55.9. The molecule has 3 N–H and O–H groups in total. The van der Waals surface area contributed by atoms with Crippen LogP contribution >= 0.6 is 0 Å². The first-order valence-corrected chi connectivity index (χ1v) is 12.3. The van der Waals surface area contributed by atoms with Gasteiger partial charge in [0.15, 0.2) is 0 Å². The molecule has 4 fully saturated rings. The quantitative estimate of drug-likeness (QED) is 0.574. The fourth-order valence-electron chi connectivity index (χ4n) is 8.90. The third-order valence-corrected chi connectivity index (χ3v) is 10.5. The Morgan fingerprint density at radius 1 is 1.10 bits per heavy atom. The van der Waals surface area contributed by atoms with Crippen molar-refractivity contribution in [3.63, 3.8) is 0 Å². The molecule has 0 amide bonds. The van der Waals surface area contributed by atoms with Crippen LogP contribution in [0.1, 0.15) is 96.0 Å². The highest BCUT2D eigenvalue weighted by Crippen LogP contribution is 2.69. The minimum absolute atomic E-state index is 0.0590. The average molecular weight is 424 g/mol. The van der Waals surface area contributed by atoms with E-state index in [2.05, 4.69) is 20.8 Å². The van der Waals surface area contributed by atoms with Gasteiger partial charge in [-0.2, -0.15) is 0 Å². The molecule has 4 heteroatoms. The van der Waals surface area contributed by atoms with E-state index in [0.29, 0.717) is 25.2 Å². The molecule has 30 heavy (non-hydrogen) atoms. The second-order valence-corrected chi connectivity index (χ2v) is 11.6. The molecule has 4 nitrogen and oxygen atoms in total. The zero-order chi connectivity index (χ0) is 24.6. The van der Waals surface area contributed by atoms with Crippen LogP contribution in [0.15, 0.2) is 0 Å². The summed E-state index contributed by atoms with van der Waals surface area (Å²) in [5.41, 5.74) is -0.240. The van der Waals surface area contributed by atoms with Gasteiger partial charge in [-0.1, -0.05) is 34.1 Å². The van der Waals surface area contributed by atoms with Gasteiger partial charge in [0.25, 0.3) is 0 Å². The Morgan fingerprint density at radius 2 is 1.77 bits per heavy atom. The van der Waals surface area contributed by atoms with Gasteiger partial charge < -0.3 is 15.3 Å². The Labute approximate surface area is 187 Å². The summed E-state index contributed by atoms with van der Waals surface area (Å²) in [6, 6.07) is 0. The lowest BCUT2D eigenvalue weighted by molar-refractivity contribution is -0.203. The van der Waals surface area contributed by atoms with Gasteiger partial charge in [0, 0.05) is 9.16 Å². The molecule has 0 saturated heterocycles. The number of carbonyl (C=O) groups is 1. The smallest absolute Gasteiger partial charge is 0.303 e. The lowest BCUT2D eigenvalue weighted by atomic mass is 9.41. The van der Waals surface area contributed by atoms with Crippen molar-refractivity contribution in [2.24, 2.45) is 52.3 Å². The van der Waals surface area contributed by atoms with Gasteiger partial charge in [-0.3, -0.25) is 4.79 Å². The zero-order valence-electron chi connectivity index (χ0n) is 22.2. The lowest BCUT2D eigenvalue weighted by Crippen LogP contribution is -2.62. The van der Waals surface area contributed by atoms with Crippen LogP contribution in [0.5, 0.6) is 0 Å². The maximum atomic E-state index is 11.9. The van der Waals surface area contributed by atoms with Crippen LogP contribution in [0, 0.1) is 52.3 Å². The molecule has 4 aliphatic carbocycles. The molecule has 0 aliphatic heterocycles. The van der Waals surface area contributed by atoms with Crippen molar-refractivity contribution in [3.05, 3.63) is 0 Å². The Balaban J connectivity index is 1.72. The van der Waals surface area contributed by atoms with Crippen LogP contribution in [0.25, 0.3) is 0 Å². The molecule has 4 saturated carbocycles. The Hall–Kier alpha value is -0.610. The van der Waals surface area contributed by atoms with E-state index >= 15 is 0 Å². The fraction of sp³-hybridized carbons (Fsp3) is 0.962. The summed E-state index contributed by atoms with van der Waals surface area (Å²) in [5, 5.41) is 31.6. The minimum Gasteiger partial charge on any atom is -0.481 e. The molecular formula is C26H44O4. The molecule has 0 unspecified atom stereocenters. The van der Waals surface area contributed by atoms with Crippen LogP contribution in [0.2, 0.25) is 0 Å². The summed E-state index contributed by atoms with van der Waals surface area (Å²) in [4.78, 5) is 11.2. The number of fused-ring (bicyclic) bond motifs is 5. The molecule has 4 rings (SSSR count). The van der Waals surface area contributed by atoms with Crippen LogP contribution in [0.3, 0.4) is 0 Å². The third kappa shape index (κ3) is 3.36. The number of carboxylic acids is 1. The molecule has 0 radical (unpaired) electrons. The second kappa shape index (κ2) is 8.06. The average Bonchev–Trinajstić information content (AvgIpc) is 3.03. The number of aliphatic hydroxyl groups excluding tert-OH is 1. The third-order valence-electron chi connectivity index (χ3n) is 10.5. The predicted molar refractivity (Wildman–Crippen MR) is 118 cm³/mol. The molecular weight excluding hydrogens is 376 g/mol. The highest BCUT2D eigenvalue weighted by Gasteiger charge is 2.64. The molecule has 4 aliphatic rings. The van der Waals surface area contributed by atoms with E-state index in [1.807, 2.05) is 0 Å². The molecule has 0 aromatic rings. The van der Waals surface area contributed by atoms with Gasteiger partial charge in [-0.15, -0.1) is 0 Å². The van der Waals surface area contributed by atoms with Gasteiger partial charge in [0.2, 0.25) is 0 Å². The molecule has 0 aromatic heterocycles. The molecule has 0 spiro atoms. The minimum atomic E-state index is -1.88. The van der Waals surface area contributed by atoms with Gasteiger partial charge in [-0.05, 0) is 104 Å². The van der Waals surface area contributed by atoms with Crippen molar-refractivity contribution < 1.29 is 24.2 Å². The van der Waals surface area contributed by atoms with E-state index in [0.717, 1.165) is 32.1 Å². The summed E-state index contributed by atoms with van der Waals surface area (Å²) in [5.74, 6) is -1.15. The highest BCUT2D eigenvalue weighted by molar-refractivity contribution is 5.66. The van der Waals surface area contributed by atoms with Gasteiger partial charge in [0.1, 0.15) is 0 Å². The van der Waals surface area contributed by atoms with E-state index in [1.54, 1.807) is 0 Å². The van der Waals surface area contributed by atoms with Crippen molar-refractivity contribution in [2.75, 3.05) is 0 Å². The Kier molecular flexibility index (Phi) is 5.08. The van der Waals surface area contributed by atoms with E-state index in [4.69, 9.17) is 2.74 Å². The SMILES string of the molecule is [2H]C([2H])(C)[C@@H]1[C@@H]2C[C@H](O)CC[C@]2(C)[C@H]2CC[C@]3(C)[C@@H]([C@H](C)CCC(=O)O)CC[C@H]3[C@@H]2[C@]1([2H])O. The summed E-state index contributed by atoms with van der Waals surface area (Å²) < 4.78 is 26.7. The second-order valence-electron chi connectivity index (χ2n) is 11.6. The zero-order valence-corrected chi connectivity index (χ0v) is 19.2. The Bertz CT molecular complexity index is 767. The van der Waals surface area contributed by atoms with E-state index in [1.165, 1.54) is 6.92 Å². The topological polar surface area (TPSA) is 77.8 Å². The van der Waals surface area contributed by atoms with Gasteiger partial charge >= 0.3 is 5.97 Å². The van der Waals surface area contributed by atoms with Crippen LogP contribution < -0.4 is 0 Å². The van der Waals surface area contributed by atoms with Crippen molar-refractivity contribution in [3.8, 4) is 0 Å². The predicted octanol–water partition coefficient (Wildman–Crippen LogP) is 5.11. The van der Waals surface area contributed by atoms with Crippen LogP contribution in [0.4, 0.5) is 0 Å². The number of carboxylic acid groups (broad SMARTS) is 1. The summed E-state index contributed by atoms with van der Waals surface area (Å²) in [7, 11) is 0. The summed E-state index contributed by atoms with van der Waals surface area (Å²) in [6.07, 6.45) is 2.60. The Morgan fingerprint density at radius 3 is 2.43 bits per heavy atom. The van der Waals surface area contributed by atoms with Crippen LogP contribution in [-0.2, 0) is 4.79 Å². The molecule has 11 atom stereocenters. The molecule has 0 heterocycles. The van der Waals surface area contributed by atoms with E-state index in [-0.39, 0.29) is 46.8 Å². The molecule has 172 valence electrons. The number of rotatable bonds is 5. The molecule has 0 aromatic carbocycles. The van der Waals surface area contributed by atoms with Crippen molar-refractivity contribution in [1.82, 2.24) is 0 Å². The first kappa shape index (κ1) is 18.9. The van der Waals surface area contributed by atoms with E-state index in [9.17, 15) is 21.5 Å². The number of aliphatic hydroxyl groups is 2. The standard InChI is InChI=1S/C26H44O4/c1-5-17-21-14-16(27)10-12-26(21,4)20-11-13-25(3)18(15(2)6-9-22(28)29)7-8-19(25)23(20)24(17)30/h15-21,23-24,27,30H,5-14H2,1-4H3,(H,28,29)/t15-,16-,17-,18-,19+,20+,21+,23+,24-,25-,26-/m1/s1/i5D2,24D. The van der Waals surface area contributed by atoms with E-state index < -0.39 is 30.4 Å². The summed E-state index contributed by atoms with van der Waals surface area (Å²) >= 11 is 0. The molecule has 0 bridgehead atoms. The monoisotopic (exact) mass is 423 g/mol. The first-order chi connectivity index (χ1) is 15.1. The largest absolute Gasteiger partial charge is 0.481 e. The van der Waals surface area contributed by atoms with Crippen molar-refractivity contribution in [1.29, 1.82) is 0 Å². The number of hydrogen-bond donors (Lipinski definition) is 3. The van der Waals surface area contributed by atoms with Crippen molar-refractivity contribution >= 4 is 5.97 Å². The lowest BCUT2D eigenvalue weighted by Gasteiger charge is -2.64. The number of hydrogen-bond acceptors (Lipinski definition) is 3. The number of aliphatic carboxylic acids is 1. The van der Waals surface area contributed by atoms with Gasteiger partial charge in [-0.25, -0.2) is 0 Å². The van der Waals surface area contributed by atoms with Gasteiger partial charge in [0.05, 0.1) is 13.6 Å². The summed E-state index contributed by atoms with van der Waals surface area (Å²) in [6.45, 7) is 8.22. The van der Waals surface area contributed by atoms with Crippen molar-refractivity contribution in [2.45, 2.75) is 104 Å². The fourth-order valence-corrected chi connectivity index (χ4v) is 8.90. The maximum absolute atomic E-state index is 11.9. The maximum Gasteiger partial charge on any atom is 0.303 e.